The first kappa shape index (κ1) is 42.9. The lowest BCUT2D eigenvalue weighted by Crippen LogP contribution is -2.25. The Morgan fingerprint density at radius 1 is 0.256 bits per heavy atom. The first-order valence-electron chi connectivity index (χ1n) is 26.7. The number of hydrogen-bond acceptors (Lipinski definition) is 0. The van der Waals surface area contributed by atoms with Crippen LogP contribution in [0, 0.1) is 0 Å². The van der Waals surface area contributed by atoms with Crippen LogP contribution in [0.1, 0.15) is 22.8 Å². The molecule has 8 heteroatoms. The van der Waals surface area contributed by atoms with E-state index in [1.807, 2.05) is 0 Å². The molecule has 0 saturated heterocycles. The Morgan fingerprint density at radius 3 is 0.744 bits per heavy atom. The lowest BCUT2D eigenvalue weighted by atomic mass is 10.2. The number of para-hydroxylation sites is 8. The van der Waals surface area contributed by atoms with Crippen molar-refractivity contribution in [2.45, 2.75) is 0 Å². The van der Waals surface area contributed by atoms with Gasteiger partial charge < -0.3 is 37.4 Å². The fourth-order valence-corrected chi connectivity index (χ4v) is 13.2. The molecule has 0 spiro atoms. The molecule has 0 radical (unpaired) electrons. The molecule has 1 aliphatic heterocycles. The van der Waals surface area contributed by atoms with Crippen molar-refractivity contribution >= 4 is 112 Å². The molecule has 0 fully saturated rings. The zero-order valence-corrected chi connectivity index (χ0v) is 42.8. The number of benzene rings is 8. The van der Waals surface area contributed by atoms with Gasteiger partial charge in [0, 0.05) is 79.3 Å². The molecule has 0 aliphatic carbocycles. The fourth-order valence-electron chi connectivity index (χ4n) is 13.2. The highest BCUT2D eigenvalue weighted by Gasteiger charge is 2.22. The lowest BCUT2D eigenvalue weighted by Gasteiger charge is -2.07. The highest BCUT2D eigenvalue weighted by molar-refractivity contribution is 6.12. The third-order valence-corrected chi connectivity index (χ3v) is 16.7. The monoisotopic (exact) mass is 1000 g/mol. The molecule has 0 unspecified atom stereocenters. The van der Waals surface area contributed by atoms with Gasteiger partial charge in [0.2, 0.25) is 0 Å². The van der Waals surface area contributed by atoms with Crippen LogP contribution in [0.4, 0.5) is 0 Å². The summed E-state index contributed by atoms with van der Waals surface area (Å²) in [6, 6.07) is 79.8. The molecular weight excluding hydrogens is 953 g/mol. The SMILES string of the molecule is Cn1c2cc(-n3c4ccccc4c4ccccc43)c1=Cc1cc(-n3c4ccccc4c4ccccc43)c([nH]1)C=c1cc(-n3c4ccccc4c4ccccc43)c(n1C)=Cc1cc(-n3c4ccccc4c4ccccc43)c([nH]1)C=2. The van der Waals surface area contributed by atoms with Crippen molar-refractivity contribution in [3.05, 3.63) is 263 Å². The number of fused-ring (bicyclic) bond motifs is 20. The van der Waals surface area contributed by atoms with Crippen LogP contribution >= 0.6 is 0 Å². The molecule has 16 aromatic rings. The van der Waals surface area contributed by atoms with Crippen LogP contribution in [0.25, 0.3) is 134 Å². The predicted molar refractivity (Wildman–Crippen MR) is 323 cm³/mol. The molecule has 8 aromatic heterocycles. The van der Waals surface area contributed by atoms with Gasteiger partial charge in [-0.05, 0) is 97.1 Å². The molecule has 9 heterocycles. The van der Waals surface area contributed by atoms with Gasteiger partial charge >= 0.3 is 0 Å². The maximum Gasteiger partial charge on any atom is 0.0720 e. The van der Waals surface area contributed by atoms with Crippen LogP contribution in [-0.2, 0) is 14.1 Å². The zero-order valence-electron chi connectivity index (χ0n) is 42.8. The van der Waals surface area contributed by atoms with E-state index >= 15 is 0 Å². The summed E-state index contributed by atoms with van der Waals surface area (Å²) in [6.07, 6.45) is 9.38. The first-order valence-corrected chi connectivity index (χ1v) is 26.7. The van der Waals surface area contributed by atoms with E-state index in [2.05, 4.69) is 294 Å². The van der Waals surface area contributed by atoms with E-state index in [1.54, 1.807) is 0 Å². The van der Waals surface area contributed by atoms with E-state index < -0.39 is 0 Å². The summed E-state index contributed by atoms with van der Waals surface area (Å²) < 4.78 is 14.5. The van der Waals surface area contributed by atoms with Crippen molar-refractivity contribution < 1.29 is 0 Å². The minimum absolute atomic E-state index is 0.983. The molecule has 2 N–H and O–H groups in total. The summed E-state index contributed by atoms with van der Waals surface area (Å²) in [4.78, 5) is 8.10. The topological polar surface area (TPSA) is 61.2 Å². The van der Waals surface area contributed by atoms with Crippen molar-refractivity contribution in [2.24, 2.45) is 14.1 Å². The second-order valence-corrected chi connectivity index (χ2v) is 20.9. The van der Waals surface area contributed by atoms with E-state index in [4.69, 9.17) is 0 Å². The number of H-pyrrole nitrogens is 2. The molecule has 78 heavy (non-hydrogen) atoms. The molecule has 368 valence electrons. The standard InChI is InChI=1S/C70H48N8/c1-73-45-39-55-65(75-57-27-11-3-19-47(57)48-20-4-12-28-58(48)75)36-44(72-55)38-68-70(78-63-33-17-9-25-53(63)54-26-10-18-34-64(54)78)42-46(74(68)2)40-56-66(76-59-29-13-5-21-49(59)50-22-6-14-30-60(50)76)35-43(71-56)37-67(73)69(41-45)77-61-31-15-7-23-51(61)52-24-8-16-32-62(52)77/h3-42,71-72H,1-2H3. The van der Waals surface area contributed by atoms with Crippen molar-refractivity contribution in [3.63, 3.8) is 0 Å². The van der Waals surface area contributed by atoms with Gasteiger partial charge in [-0.25, -0.2) is 0 Å². The lowest BCUT2D eigenvalue weighted by molar-refractivity contribution is 0.852. The Bertz CT molecular complexity index is 4940. The maximum atomic E-state index is 4.05. The Kier molecular flexibility index (Phi) is 8.81. The fraction of sp³-hybridized carbons (Fsp3) is 0.0286. The minimum atomic E-state index is 0.983. The summed E-state index contributed by atoms with van der Waals surface area (Å²) >= 11 is 0. The Labute approximate surface area is 446 Å². The Balaban J connectivity index is 1.04. The van der Waals surface area contributed by atoms with Gasteiger partial charge in [-0.1, -0.05) is 146 Å². The van der Waals surface area contributed by atoms with Crippen LogP contribution in [0.2, 0.25) is 0 Å². The number of aromatic amines is 2. The van der Waals surface area contributed by atoms with E-state index in [-0.39, 0.29) is 0 Å². The van der Waals surface area contributed by atoms with Crippen molar-refractivity contribution in [2.75, 3.05) is 0 Å². The largest absolute Gasteiger partial charge is 0.354 e. The second kappa shape index (κ2) is 16.0. The summed E-state index contributed by atoms with van der Waals surface area (Å²) in [5, 5.41) is 14.0. The van der Waals surface area contributed by atoms with Gasteiger partial charge in [0.05, 0.1) is 89.0 Å². The highest BCUT2D eigenvalue weighted by Crippen LogP contribution is 2.37. The minimum Gasteiger partial charge on any atom is -0.354 e. The molecule has 8 nitrogen and oxygen atoms in total. The van der Waals surface area contributed by atoms with Gasteiger partial charge in [0.1, 0.15) is 0 Å². The molecule has 1 aliphatic rings. The third-order valence-electron chi connectivity index (χ3n) is 16.7. The van der Waals surface area contributed by atoms with Crippen molar-refractivity contribution in [1.29, 1.82) is 0 Å². The zero-order chi connectivity index (χ0) is 51.3. The number of hydrogen-bond donors (Lipinski definition) is 2. The Hall–Kier alpha value is -10.4. The summed E-state index contributed by atoms with van der Waals surface area (Å²) in [7, 11) is 4.42. The molecule has 0 atom stereocenters. The van der Waals surface area contributed by atoms with Gasteiger partial charge in [0.25, 0.3) is 0 Å². The van der Waals surface area contributed by atoms with Crippen molar-refractivity contribution in [3.8, 4) is 22.7 Å². The smallest absolute Gasteiger partial charge is 0.0720 e. The third kappa shape index (κ3) is 5.99. The van der Waals surface area contributed by atoms with Crippen molar-refractivity contribution in [1.82, 2.24) is 37.4 Å². The van der Waals surface area contributed by atoms with Crippen LogP contribution in [0.5, 0.6) is 0 Å². The number of nitrogens with zero attached hydrogens (tertiary/aromatic N) is 6. The first-order chi connectivity index (χ1) is 38.5. The quantitative estimate of drug-likeness (QED) is 0.177. The normalized spacial score (nSPS) is 12.6. The molecular formula is C70H48N8. The van der Waals surface area contributed by atoms with Crippen LogP contribution < -0.4 is 21.4 Å². The second-order valence-electron chi connectivity index (χ2n) is 20.9. The summed E-state index contributed by atoms with van der Waals surface area (Å²) in [6.45, 7) is 0. The number of aromatic nitrogens is 8. The number of nitrogens with one attached hydrogen (secondary N) is 2. The summed E-state index contributed by atoms with van der Waals surface area (Å²) in [5.41, 5.74) is 17.5. The molecule has 0 amide bonds. The van der Waals surface area contributed by atoms with Gasteiger partial charge in [-0.3, -0.25) is 0 Å². The highest BCUT2D eigenvalue weighted by atomic mass is 15.1. The van der Waals surface area contributed by atoms with Gasteiger partial charge in [0.15, 0.2) is 0 Å². The average Bonchev–Trinajstić information content (AvgIpc) is 4.40. The molecule has 8 aromatic carbocycles. The van der Waals surface area contributed by atoms with E-state index in [0.717, 1.165) is 111 Å². The van der Waals surface area contributed by atoms with E-state index in [0.29, 0.717) is 0 Å². The summed E-state index contributed by atoms with van der Waals surface area (Å²) in [5.74, 6) is 0. The number of rotatable bonds is 4. The Morgan fingerprint density at radius 2 is 0.487 bits per heavy atom. The molecule has 17 rings (SSSR count). The maximum absolute atomic E-state index is 4.05. The molecule has 0 saturated carbocycles. The van der Waals surface area contributed by atoms with Crippen LogP contribution in [-0.4, -0.2) is 37.4 Å². The van der Waals surface area contributed by atoms with Crippen LogP contribution in [0.3, 0.4) is 0 Å². The van der Waals surface area contributed by atoms with E-state index in [9.17, 15) is 0 Å². The van der Waals surface area contributed by atoms with Gasteiger partial charge in [-0.2, -0.15) is 0 Å². The molecule has 8 bridgehead atoms. The predicted octanol–water partition coefficient (Wildman–Crippen LogP) is 13.0. The van der Waals surface area contributed by atoms with E-state index in [1.165, 1.54) is 43.1 Å². The van der Waals surface area contributed by atoms with Crippen LogP contribution in [0.15, 0.2) is 218 Å². The average molecular weight is 1000 g/mol. The van der Waals surface area contributed by atoms with Gasteiger partial charge in [-0.15, -0.1) is 0 Å².